The fourth-order valence-corrected chi connectivity index (χ4v) is 4.61. The van der Waals surface area contributed by atoms with Gasteiger partial charge in [-0.2, -0.15) is 0 Å². The highest BCUT2D eigenvalue weighted by Crippen LogP contribution is 2.19. The third-order valence-corrected chi connectivity index (χ3v) is 6.56. The second kappa shape index (κ2) is 9.49. The highest BCUT2D eigenvalue weighted by molar-refractivity contribution is 7.92. The minimum absolute atomic E-state index is 0.0418. The summed E-state index contributed by atoms with van der Waals surface area (Å²) in [6, 6.07) is 10.8. The van der Waals surface area contributed by atoms with E-state index < -0.39 is 15.9 Å². The van der Waals surface area contributed by atoms with Crippen molar-refractivity contribution >= 4 is 33.3 Å². The van der Waals surface area contributed by atoms with E-state index in [0.29, 0.717) is 17.2 Å². The second-order valence-electron chi connectivity index (χ2n) is 7.85. The van der Waals surface area contributed by atoms with Gasteiger partial charge in [0.2, 0.25) is 0 Å². The summed E-state index contributed by atoms with van der Waals surface area (Å²) < 4.78 is 27.8. The number of rotatable bonds is 6. The van der Waals surface area contributed by atoms with E-state index in [0.717, 1.165) is 31.7 Å². The molecule has 3 heterocycles. The average molecular weight is 468 g/mol. The number of hydrogen-bond acceptors (Lipinski definition) is 8. The number of aryl methyl sites for hydroxylation is 2. The molecule has 1 aliphatic rings. The largest absolute Gasteiger partial charge is 0.355 e. The molecule has 33 heavy (non-hydrogen) atoms. The van der Waals surface area contributed by atoms with Crippen molar-refractivity contribution < 1.29 is 13.2 Å². The predicted octanol–water partition coefficient (Wildman–Crippen LogP) is 2.93. The number of carbonyl (C=O) groups excluding carboxylic acids is 1. The maximum atomic E-state index is 12.7. The van der Waals surface area contributed by atoms with E-state index in [4.69, 9.17) is 0 Å². The molecule has 3 aromatic rings. The maximum absolute atomic E-state index is 12.7. The summed E-state index contributed by atoms with van der Waals surface area (Å²) in [7, 11) is -3.84. The Balaban J connectivity index is 1.41. The van der Waals surface area contributed by atoms with Crippen LogP contribution < -0.4 is 14.9 Å². The number of anilines is 3. The van der Waals surface area contributed by atoms with Crippen molar-refractivity contribution in [1.29, 1.82) is 0 Å². The summed E-state index contributed by atoms with van der Waals surface area (Å²) in [6.45, 7) is 5.34. The molecule has 0 aliphatic carbocycles. The lowest BCUT2D eigenvalue weighted by atomic mass is 10.1. The summed E-state index contributed by atoms with van der Waals surface area (Å²) in [6.07, 6.45) is 3.48. The Labute approximate surface area is 192 Å². The molecule has 0 bridgehead atoms. The fourth-order valence-electron chi connectivity index (χ4n) is 3.62. The van der Waals surface area contributed by atoms with Gasteiger partial charge in [-0.3, -0.25) is 9.52 Å². The van der Waals surface area contributed by atoms with Crippen LogP contribution in [0, 0.1) is 13.8 Å². The molecule has 0 saturated carbocycles. The first-order chi connectivity index (χ1) is 15.8. The normalized spacial score (nSPS) is 14.1. The van der Waals surface area contributed by atoms with Gasteiger partial charge in [-0.05, 0) is 69.5 Å². The van der Waals surface area contributed by atoms with E-state index in [2.05, 4.69) is 35.1 Å². The van der Waals surface area contributed by atoms with Crippen LogP contribution in [0.1, 0.15) is 41.3 Å². The number of aromatic nitrogens is 4. The van der Waals surface area contributed by atoms with Crippen LogP contribution in [0.3, 0.4) is 0 Å². The van der Waals surface area contributed by atoms with E-state index >= 15 is 0 Å². The Kier molecular flexibility index (Phi) is 6.50. The highest BCUT2D eigenvalue weighted by atomic mass is 32.2. The first-order valence-electron chi connectivity index (χ1n) is 10.7. The van der Waals surface area contributed by atoms with Gasteiger partial charge in [0.15, 0.2) is 11.5 Å². The fraction of sp³-hybridized carbons (Fsp3) is 0.318. The Hall–Kier alpha value is -3.60. The maximum Gasteiger partial charge on any atom is 0.276 e. The van der Waals surface area contributed by atoms with E-state index in [1.165, 1.54) is 30.7 Å². The molecule has 0 atom stereocenters. The summed E-state index contributed by atoms with van der Waals surface area (Å²) in [4.78, 5) is 22.9. The standard InChI is InChI=1S/C22H25N7O3S/c1-15-14-20(24-16(2)23-15)28-33(31,32)18-8-6-17(7-9-18)25-22(30)19-10-11-21(27-26-19)29-12-4-3-5-13-29/h6-11,14H,3-5,12-13H2,1-2H3,(H,25,30)(H,23,24,28). The second-order valence-corrected chi connectivity index (χ2v) is 9.53. The van der Waals surface area contributed by atoms with Crippen molar-refractivity contribution in [1.82, 2.24) is 20.2 Å². The van der Waals surface area contributed by atoms with Crippen LogP contribution in [-0.4, -0.2) is 47.6 Å². The molecule has 1 aliphatic heterocycles. The molecule has 0 unspecified atom stereocenters. The Morgan fingerprint density at radius 1 is 0.939 bits per heavy atom. The Morgan fingerprint density at radius 2 is 1.67 bits per heavy atom. The van der Waals surface area contributed by atoms with E-state index in [1.54, 1.807) is 32.0 Å². The lowest BCUT2D eigenvalue weighted by Gasteiger charge is -2.27. The van der Waals surface area contributed by atoms with E-state index in [1.807, 2.05) is 0 Å². The van der Waals surface area contributed by atoms with Crippen LogP contribution in [0.2, 0.25) is 0 Å². The Bertz CT molecular complexity index is 1220. The quantitative estimate of drug-likeness (QED) is 0.566. The number of sulfonamides is 1. The molecule has 2 aromatic heterocycles. The van der Waals surface area contributed by atoms with Crippen molar-refractivity contribution in [2.24, 2.45) is 0 Å². The van der Waals surface area contributed by atoms with Crippen molar-refractivity contribution in [2.75, 3.05) is 28.0 Å². The summed E-state index contributed by atoms with van der Waals surface area (Å²) >= 11 is 0. The summed E-state index contributed by atoms with van der Waals surface area (Å²) in [5, 5.41) is 10.9. The van der Waals surface area contributed by atoms with Gasteiger partial charge in [-0.15, -0.1) is 10.2 Å². The lowest BCUT2D eigenvalue weighted by Crippen LogP contribution is -2.30. The molecule has 2 N–H and O–H groups in total. The number of nitrogens with one attached hydrogen (secondary N) is 2. The number of hydrogen-bond donors (Lipinski definition) is 2. The molecule has 0 radical (unpaired) electrons. The predicted molar refractivity (Wildman–Crippen MR) is 125 cm³/mol. The first kappa shape index (κ1) is 22.6. The number of nitrogens with zero attached hydrogens (tertiary/aromatic N) is 5. The van der Waals surface area contributed by atoms with Gasteiger partial charge in [0, 0.05) is 30.5 Å². The van der Waals surface area contributed by atoms with Gasteiger partial charge in [0.1, 0.15) is 11.6 Å². The zero-order chi connectivity index (χ0) is 23.4. The van der Waals surface area contributed by atoms with Crippen LogP contribution in [0.15, 0.2) is 47.4 Å². The first-order valence-corrected chi connectivity index (χ1v) is 12.1. The van der Waals surface area contributed by atoms with Crippen LogP contribution in [-0.2, 0) is 10.0 Å². The van der Waals surface area contributed by atoms with Crippen LogP contribution >= 0.6 is 0 Å². The topological polar surface area (TPSA) is 130 Å². The zero-order valence-electron chi connectivity index (χ0n) is 18.4. The smallest absolute Gasteiger partial charge is 0.276 e. The van der Waals surface area contributed by atoms with E-state index in [-0.39, 0.29) is 16.4 Å². The molecule has 1 saturated heterocycles. The zero-order valence-corrected chi connectivity index (χ0v) is 19.3. The summed E-state index contributed by atoms with van der Waals surface area (Å²) in [5.41, 5.74) is 1.28. The molecule has 4 rings (SSSR count). The molecular weight excluding hydrogens is 442 g/mol. The van der Waals surface area contributed by atoms with Gasteiger partial charge in [0.25, 0.3) is 15.9 Å². The molecule has 0 spiro atoms. The van der Waals surface area contributed by atoms with Gasteiger partial charge < -0.3 is 10.2 Å². The molecule has 172 valence electrons. The summed E-state index contributed by atoms with van der Waals surface area (Å²) in [5.74, 6) is 1.01. The number of benzene rings is 1. The molecular formula is C22H25N7O3S. The number of carbonyl (C=O) groups is 1. The van der Waals surface area contributed by atoms with Crippen molar-refractivity contribution in [3.8, 4) is 0 Å². The highest BCUT2D eigenvalue weighted by Gasteiger charge is 2.17. The van der Waals surface area contributed by atoms with Crippen LogP contribution in [0.5, 0.6) is 0 Å². The van der Waals surface area contributed by atoms with Gasteiger partial charge in [-0.1, -0.05) is 0 Å². The van der Waals surface area contributed by atoms with Crippen LogP contribution in [0.4, 0.5) is 17.3 Å². The molecule has 10 nitrogen and oxygen atoms in total. The lowest BCUT2D eigenvalue weighted by molar-refractivity contribution is 0.102. The third kappa shape index (κ3) is 5.61. The van der Waals surface area contributed by atoms with Crippen LogP contribution in [0.25, 0.3) is 0 Å². The molecule has 1 amide bonds. The van der Waals surface area contributed by atoms with Crippen molar-refractivity contribution in [3.63, 3.8) is 0 Å². The Morgan fingerprint density at radius 3 is 2.30 bits per heavy atom. The van der Waals surface area contributed by atoms with Crippen molar-refractivity contribution in [2.45, 2.75) is 38.0 Å². The van der Waals surface area contributed by atoms with Gasteiger partial charge >= 0.3 is 0 Å². The minimum atomic E-state index is -3.84. The van der Waals surface area contributed by atoms with Gasteiger partial charge in [0.05, 0.1) is 4.90 Å². The third-order valence-electron chi connectivity index (χ3n) is 5.19. The average Bonchev–Trinajstić information content (AvgIpc) is 2.79. The molecule has 1 fully saturated rings. The molecule has 11 heteroatoms. The monoisotopic (exact) mass is 467 g/mol. The molecule has 1 aromatic carbocycles. The number of amides is 1. The number of piperidine rings is 1. The van der Waals surface area contributed by atoms with Crippen molar-refractivity contribution in [3.05, 3.63) is 59.7 Å². The minimum Gasteiger partial charge on any atom is -0.355 e. The van der Waals surface area contributed by atoms with Gasteiger partial charge in [-0.25, -0.2) is 18.4 Å². The van der Waals surface area contributed by atoms with E-state index in [9.17, 15) is 13.2 Å². The SMILES string of the molecule is Cc1cc(NS(=O)(=O)c2ccc(NC(=O)c3ccc(N4CCCCC4)nn3)cc2)nc(C)n1.